The topological polar surface area (TPSA) is 59.1 Å². The van der Waals surface area contributed by atoms with Crippen molar-refractivity contribution in [2.45, 2.75) is 182 Å². The predicted molar refractivity (Wildman–Crippen MR) is 213 cm³/mol. The van der Waals surface area contributed by atoms with Crippen LogP contribution in [0.2, 0.25) is 0 Å². The maximum Gasteiger partial charge on any atom is 0.339 e. The van der Waals surface area contributed by atoms with Crippen LogP contribution in [-0.4, -0.2) is 74.2 Å². The van der Waals surface area contributed by atoms with Gasteiger partial charge in [-0.3, -0.25) is 9.80 Å². The molecule has 0 atom stereocenters. The van der Waals surface area contributed by atoms with E-state index in [9.17, 15) is 9.59 Å². The molecule has 0 bridgehead atoms. The van der Waals surface area contributed by atoms with Gasteiger partial charge in [-0.25, -0.2) is 9.59 Å². The van der Waals surface area contributed by atoms with E-state index in [0.717, 1.165) is 39.3 Å². The van der Waals surface area contributed by atoms with Crippen LogP contribution in [0.3, 0.4) is 0 Å². The molecule has 0 N–H and O–H groups in total. The van der Waals surface area contributed by atoms with Crippen LogP contribution < -0.4 is 0 Å². The normalized spacial score (nSPS) is 11.5. The van der Waals surface area contributed by atoms with E-state index < -0.39 is 11.9 Å². The first-order valence-electron chi connectivity index (χ1n) is 21.4. The van der Waals surface area contributed by atoms with Crippen LogP contribution in [0.25, 0.3) is 0 Å². The van der Waals surface area contributed by atoms with Crippen molar-refractivity contribution in [1.82, 2.24) is 9.80 Å². The van der Waals surface area contributed by atoms with Crippen molar-refractivity contribution in [2.24, 2.45) is 0 Å². The lowest BCUT2D eigenvalue weighted by molar-refractivity contribution is 0.0413. The Morgan fingerprint density at radius 2 is 0.660 bits per heavy atom. The van der Waals surface area contributed by atoms with Crippen molar-refractivity contribution in [3.8, 4) is 0 Å². The third-order valence-corrected chi connectivity index (χ3v) is 9.96. The molecule has 0 unspecified atom stereocenters. The van der Waals surface area contributed by atoms with Gasteiger partial charge in [0.05, 0.1) is 11.1 Å². The number of nitrogens with zero attached hydrogens (tertiary/aromatic N) is 2. The van der Waals surface area contributed by atoms with Crippen LogP contribution >= 0.6 is 0 Å². The molecule has 6 nitrogen and oxygen atoms in total. The lowest BCUT2D eigenvalue weighted by Gasteiger charge is -2.23. The van der Waals surface area contributed by atoms with Gasteiger partial charge in [0, 0.05) is 13.1 Å². The van der Waals surface area contributed by atoms with E-state index >= 15 is 0 Å². The van der Waals surface area contributed by atoms with Gasteiger partial charge in [-0.15, -0.1) is 0 Å². The molecule has 0 aliphatic rings. The van der Waals surface area contributed by atoms with Gasteiger partial charge in [-0.2, -0.15) is 0 Å². The molecule has 0 spiro atoms. The summed E-state index contributed by atoms with van der Waals surface area (Å²) in [4.78, 5) is 31.4. The Hall–Kier alpha value is -1.92. The Labute approximate surface area is 309 Å². The summed E-state index contributed by atoms with van der Waals surface area (Å²) < 4.78 is 11.5. The zero-order valence-corrected chi connectivity index (χ0v) is 33.5. The Balaban J connectivity index is 2.62. The SMILES string of the molecule is CCCCCCCCN(CCCCCCCC)CCOC(=O)c1ccccc1C(=O)OCCN(CCCCCCCC)CCCCCCCC. The quantitative estimate of drug-likeness (QED) is 0.0513. The third kappa shape index (κ3) is 25.1. The molecule has 0 amide bonds. The summed E-state index contributed by atoms with van der Waals surface area (Å²) in [5.41, 5.74) is 0.596. The largest absolute Gasteiger partial charge is 0.461 e. The highest BCUT2D eigenvalue weighted by Gasteiger charge is 2.20. The average molecular weight is 701 g/mol. The summed E-state index contributed by atoms with van der Waals surface area (Å²) in [5.74, 6) is -0.881. The highest BCUT2D eigenvalue weighted by atomic mass is 16.5. The first kappa shape index (κ1) is 46.1. The van der Waals surface area contributed by atoms with Crippen LogP contribution in [0.15, 0.2) is 24.3 Å². The van der Waals surface area contributed by atoms with Gasteiger partial charge in [0.2, 0.25) is 0 Å². The van der Waals surface area contributed by atoms with Crippen LogP contribution in [0.5, 0.6) is 0 Å². The van der Waals surface area contributed by atoms with Crippen molar-refractivity contribution in [3.63, 3.8) is 0 Å². The molecule has 0 aliphatic carbocycles. The number of carbonyl (C=O) groups is 2. The Morgan fingerprint density at radius 3 is 0.940 bits per heavy atom. The van der Waals surface area contributed by atoms with Gasteiger partial charge >= 0.3 is 11.9 Å². The van der Waals surface area contributed by atoms with Gasteiger partial charge in [0.1, 0.15) is 13.2 Å². The second kappa shape index (κ2) is 34.2. The summed E-state index contributed by atoms with van der Waals surface area (Å²) in [6.07, 6.45) is 30.7. The van der Waals surface area contributed by atoms with Gasteiger partial charge in [-0.05, 0) is 64.0 Å². The zero-order valence-electron chi connectivity index (χ0n) is 33.5. The van der Waals surface area contributed by atoms with E-state index in [1.807, 2.05) is 0 Å². The molecule has 290 valence electrons. The standard InChI is InChI=1S/C44H80N2O4/c1-5-9-13-17-21-27-33-45(34-28-22-18-14-10-6-2)37-39-49-43(47)41-31-25-26-32-42(41)44(48)50-40-38-46(35-29-23-19-15-11-7-3)36-30-24-20-16-12-8-4/h25-26,31-32H,5-24,27-30,33-40H2,1-4H3. The van der Waals surface area contributed by atoms with Crippen molar-refractivity contribution in [2.75, 3.05) is 52.5 Å². The van der Waals surface area contributed by atoms with Crippen molar-refractivity contribution in [3.05, 3.63) is 35.4 Å². The van der Waals surface area contributed by atoms with E-state index in [2.05, 4.69) is 37.5 Å². The van der Waals surface area contributed by atoms with Gasteiger partial charge < -0.3 is 9.47 Å². The number of hydrogen-bond acceptors (Lipinski definition) is 6. The fourth-order valence-corrected chi connectivity index (χ4v) is 6.66. The van der Waals surface area contributed by atoms with Crippen molar-refractivity contribution < 1.29 is 19.1 Å². The fraction of sp³-hybridized carbons (Fsp3) is 0.818. The highest BCUT2D eigenvalue weighted by molar-refractivity contribution is 6.03. The molecule has 1 aromatic rings. The molecular formula is C44H80N2O4. The maximum absolute atomic E-state index is 13.2. The van der Waals surface area contributed by atoms with E-state index in [1.54, 1.807) is 24.3 Å². The van der Waals surface area contributed by atoms with Gasteiger partial charge in [0.15, 0.2) is 0 Å². The number of esters is 2. The molecule has 0 aromatic heterocycles. The van der Waals surface area contributed by atoms with Crippen LogP contribution in [0.4, 0.5) is 0 Å². The van der Waals surface area contributed by atoms with Crippen molar-refractivity contribution >= 4 is 11.9 Å². The third-order valence-electron chi connectivity index (χ3n) is 9.96. The van der Waals surface area contributed by atoms with Crippen LogP contribution in [0, 0.1) is 0 Å². The smallest absolute Gasteiger partial charge is 0.339 e. The van der Waals surface area contributed by atoms with E-state index in [4.69, 9.17) is 9.47 Å². The first-order valence-corrected chi connectivity index (χ1v) is 21.4. The highest BCUT2D eigenvalue weighted by Crippen LogP contribution is 2.14. The van der Waals surface area contributed by atoms with Gasteiger partial charge in [0.25, 0.3) is 0 Å². The molecule has 0 saturated heterocycles. The minimum Gasteiger partial charge on any atom is -0.461 e. The Kier molecular flexibility index (Phi) is 31.5. The van der Waals surface area contributed by atoms with E-state index in [0.29, 0.717) is 24.3 Å². The predicted octanol–water partition coefficient (Wildman–Crippen LogP) is 12.0. The molecule has 6 heteroatoms. The summed E-state index contributed by atoms with van der Waals surface area (Å²) in [6.45, 7) is 15.4. The summed E-state index contributed by atoms with van der Waals surface area (Å²) in [5, 5.41) is 0. The number of ether oxygens (including phenoxy) is 2. The zero-order chi connectivity index (χ0) is 36.3. The monoisotopic (exact) mass is 701 g/mol. The Morgan fingerprint density at radius 1 is 0.400 bits per heavy atom. The molecular weight excluding hydrogens is 620 g/mol. The van der Waals surface area contributed by atoms with Crippen LogP contribution in [0.1, 0.15) is 203 Å². The summed E-state index contributed by atoms with van der Waals surface area (Å²) >= 11 is 0. The summed E-state index contributed by atoms with van der Waals surface area (Å²) in [7, 11) is 0. The Bertz CT molecular complexity index is 818. The molecule has 1 rings (SSSR count). The van der Waals surface area contributed by atoms with Crippen LogP contribution in [-0.2, 0) is 9.47 Å². The number of rotatable bonds is 36. The number of carbonyl (C=O) groups excluding carboxylic acids is 2. The maximum atomic E-state index is 13.2. The molecule has 0 aliphatic heterocycles. The molecule has 50 heavy (non-hydrogen) atoms. The molecule has 0 radical (unpaired) electrons. The first-order chi connectivity index (χ1) is 24.6. The lowest BCUT2D eigenvalue weighted by atomic mass is 10.1. The lowest BCUT2D eigenvalue weighted by Crippen LogP contribution is -2.31. The second-order valence-electron chi connectivity index (χ2n) is 14.6. The molecule has 0 fully saturated rings. The second-order valence-corrected chi connectivity index (χ2v) is 14.6. The minimum absolute atomic E-state index is 0.298. The summed E-state index contributed by atoms with van der Waals surface area (Å²) in [6, 6.07) is 6.96. The fourth-order valence-electron chi connectivity index (χ4n) is 6.66. The molecule has 1 aromatic carbocycles. The van der Waals surface area contributed by atoms with E-state index in [-0.39, 0.29) is 0 Å². The molecule has 0 saturated carbocycles. The number of hydrogen-bond donors (Lipinski definition) is 0. The van der Waals surface area contributed by atoms with E-state index in [1.165, 1.54) is 154 Å². The van der Waals surface area contributed by atoms with Crippen molar-refractivity contribution in [1.29, 1.82) is 0 Å². The average Bonchev–Trinajstić information content (AvgIpc) is 3.13. The minimum atomic E-state index is -0.440. The number of benzene rings is 1. The van der Waals surface area contributed by atoms with Gasteiger partial charge in [-0.1, -0.05) is 168 Å². The molecule has 0 heterocycles. The number of unbranched alkanes of at least 4 members (excludes halogenated alkanes) is 20.